The van der Waals surface area contributed by atoms with Crippen LogP contribution in [0.5, 0.6) is 0 Å². The van der Waals surface area contributed by atoms with Crippen molar-refractivity contribution in [2.24, 2.45) is 11.8 Å². The normalized spacial score (nSPS) is 34.3. The average molecular weight is 294 g/mol. The molecule has 1 N–H and O–H groups in total. The summed E-state index contributed by atoms with van der Waals surface area (Å²) in [5.41, 5.74) is 0. The first-order valence-electron chi connectivity index (χ1n) is 8.41. The van der Waals surface area contributed by atoms with Crippen LogP contribution in [-0.2, 0) is 9.59 Å². The molecule has 0 spiro atoms. The lowest BCUT2D eigenvalue weighted by atomic mass is 9.99. The van der Waals surface area contributed by atoms with Crippen LogP contribution in [0.25, 0.3) is 0 Å². The van der Waals surface area contributed by atoms with Crippen LogP contribution < -0.4 is 0 Å². The standard InChI is InChI=1S/C16H26N2O3/c19-15(12-5-6-13(10-12)16(20)21)18-9-3-4-14(11-18)17-7-1-2-8-17/h12-14H,1-11H2,(H,20,21). The Labute approximate surface area is 126 Å². The third-order valence-corrected chi connectivity index (χ3v) is 5.50. The molecule has 5 heteroatoms. The molecule has 5 nitrogen and oxygen atoms in total. The van der Waals surface area contributed by atoms with E-state index in [1.54, 1.807) is 0 Å². The maximum Gasteiger partial charge on any atom is 0.306 e. The molecule has 0 aromatic rings. The number of nitrogens with zero attached hydrogens (tertiary/aromatic N) is 2. The fraction of sp³-hybridized carbons (Fsp3) is 0.875. The van der Waals surface area contributed by atoms with E-state index in [0.717, 1.165) is 25.9 Å². The average Bonchev–Trinajstić information content (AvgIpc) is 3.18. The second-order valence-electron chi connectivity index (χ2n) is 6.87. The smallest absolute Gasteiger partial charge is 0.306 e. The molecule has 3 unspecified atom stereocenters. The monoisotopic (exact) mass is 294 g/mol. The number of carboxylic acids is 1. The van der Waals surface area contributed by atoms with Crippen molar-refractivity contribution in [1.82, 2.24) is 9.80 Å². The zero-order valence-corrected chi connectivity index (χ0v) is 12.7. The summed E-state index contributed by atoms with van der Waals surface area (Å²) in [4.78, 5) is 28.2. The van der Waals surface area contributed by atoms with Gasteiger partial charge in [-0.15, -0.1) is 0 Å². The Bertz CT molecular complexity index is 406. The molecule has 3 atom stereocenters. The van der Waals surface area contributed by atoms with E-state index in [1.807, 2.05) is 4.90 Å². The molecule has 1 aliphatic carbocycles. The third-order valence-electron chi connectivity index (χ3n) is 5.50. The molecule has 2 saturated heterocycles. The fourth-order valence-electron chi connectivity index (χ4n) is 4.25. The van der Waals surface area contributed by atoms with Crippen LogP contribution in [0.2, 0.25) is 0 Å². The highest BCUT2D eigenvalue weighted by Crippen LogP contribution is 2.33. The van der Waals surface area contributed by atoms with E-state index in [9.17, 15) is 9.59 Å². The number of carbonyl (C=O) groups is 2. The second kappa shape index (κ2) is 6.34. The summed E-state index contributed by atoms with van der Waals surface area (Å²) in [6.07, 6.45) is 6.81. The van der Waals surface area contributed by atoms with Gasteiger partial charge in [0, 0.05) is 25.0 Å². The molecule has 1 saturated carbocycles. The summed E-state index contributed by atoms with van der Waals surface area (Å²) in [5.74, 6) is -0.886. The largest absolute Gasteiger partial charge is 0.481 e. The minimum absolute atomic E-state index is 0.0524. The molecule has 118 valence electrons. The van der Waals surface area contributed by atoms with E-state index in [2.05, 4.69) is 4.90 Å². The molecule has 3 aliphatic rings. The maximum atomic E-state index is 12.6. The SMILES string of the molecule is O=C(O)C1CCC(C(=O)N2CCCC(N3CCCC3)C2)C1. The number of rotatable bonds is 3. The van der Waals surface area contributed by atoms with Gasteiger partial charge in [-0.25, -0.2) is 0 Å². The number of piperidine rings is 1. The van der Waals surface area contributed by atoms with Crippen molar-refractivity contribution >= 4 is 11.9 Å². The van der Waals surface area contributed by atoms with Crippen LogP contribution in [0.15, 0.2) is 0 Å². The molecule has 21 heavy (non-hydrogen) atoms. The van der Waals surface area contributed by atoms with Gasteiger partial charge < -0.3 is 10.0 Å². The minimum atomic E-state index is -0.737. The van der Waals surface area contributed by atoms with Gasteiger partial charge in [-0.05, 0) is 58.0 Å². The highest BCUT2D eigenvalue weighted by atomic mass is 16.4. The fourth-order valence-corrected chi connectivity index (χ4v) is 4.25. The van der Waals surface area contributed by atoms with Gasteiger partial charge in [-0.1, -0.05) is 0 Å². The second-order valence-corrected chi connectivity index (χ2v) is 6.87. The van der Waals surface area contributed by atoms with Gasteiger partial charge in [0.15, 0.2) is 0 Å². The first-order chi connectivity index (χ1) is 10.1. The Morgan fingerprint density at radius 1 is 0.905 bits per heavy atom. The van der Waals surface area contributed by atoms with E-state index >= 15 is 0 Å². The van der Waals surface area contributed by atoms with Gasteiger partial charge in [0.2, 0.25) is 5.91 Å². The molecule has 3 rings (SSSR count). The molecule has 1 amide bonds. The topological polar surface area (TPSA) is 60.9 Å². The number of hydrogen-bond donors (Lipinski definition) is 1. The summed E-state index contributed by atoms with van der Waals surface area (Å²) in [7, 11) is 0. The first kappa shape index (κ1) is 14.8. The van der Waals surface area contributed by atoms with Crippen LogP contribution in [0.4, 0.5) is 0 Å². The lowest BCUT2D eigenvalue weighted by molar-refractivity contribution is -0.142. The predicted molar refractivity (Wildman–Crippen MR) is 78.9 cm³/mol. The summed E-state index contributed by atoms with van der Waals surface area (Å²) in [6, 6.07) is 0.530. The summed E-state index contributed by atoms with van der Waals surface area (Å²) < 4.78 is 0. The lowest BCUT2D eigenvalue weighted by Crippen LogP contribution is -2.50. The van der Waals surface area contributed by atoms with E-state index in [-0.39, 0.29) is 17.7 Å². The summed E-state index contributed by atoms with van der Waals surface area (Å²) in [6.45, 7) is 4.07. The minimum Gasteiger partial charge on any atom is -0.481 e. The number of carbonyl (C=O) groups excluding carboxylic acids is 1. The van der Waals surface area contributed by atoms with Crippen molar-refractivity contribution < 1.29 is 14.7 Å². The molecule has 2 aliphatic heterocycles. The molecular formula is C16H26N2O3. The summed E-state index contributed by atoms with van der Waals surface area (Å²) in [5, 5.41) is 9.08. The number of hydrogen-bond acceptors (Lipinski definition) is 3. The molecule has 0 radical (unpaired) electrons. The number of carboxylic acid groups (broad SMARTS) is 1. The highest BCUT2D eigenvalue weighted by Gasteiger charge is 2.37. The van der Waals surface area contributed by atoms with Gasteiger partial charge in [0.05, 0.1) is 5.92 Å². The van der Waals surface area contributed by atoms with Gasteiger partial charge in [-0.2, -0.15) is 0 Å². The van der Waals surface area contributed by atoms with Gasteiger partial charge in [0.25, 0.3) is 0 Å². The summed E-state index contributed by atoms with van der Waals surface area (Å²) >= 11 is 0. The first-order valence-corrected chi connectivity index (χ1v) is 8.41. The van der Waals surface area contributed by atoms with Crippen molar-refractivity contribution in [3.8, 4) is 0 Å². The van der Waals surface area contributed by atoms with Crippen molar-refractivity contribution in [3.63, 3.8) is 0 Å². The lowest BCUT2D eigenvalue weighted by Gasteiger charge is -2.38. The van der Waals surface area contributed by atoms with Crippen molar-refractivity contribution in [2.45, 2.75) is 51.0 Å². The van der Waals surface area contributed by atoms with Crippen LogP contribution in [-0.4, -0.2) is 59.0 Å². The van der Waals surface area contributed by atoms with Crippen LogP contribution in [0.3, 0.4) is 0 Å². The molecule has 0 aromatic heterocycles. The number of amides is 1. The van der Waals surface area contributed by atoms with Crippen LogP contribution in [0, 0.1) is 11.8 Å². The third kappa shape index (κ3) is 3.23. The van der Waals surface area contributed by atoms with Gasteiger partial charge in [0.1, 0.15) is 0 Å². The Morgan fingerprint density at radius 3 is 2.29 bits per heavy atom. The van der Waals surface area contributed by atoms with Crippen LogP contribution in [0.1, 0.15) is 44.9 Å². The number of likely N-dealkylation sites (tertiary alicyclic amines) is 2. The Balaban J connectivity index is 1.56. The van der Waals surface area contributed by atoms with E-state index < -0.39 is 5.97 Å². The number of aliphatic carboxylic acids is 1. The molecule has 0 aromatic carbocycles. The van der Waals surface area contributed by atoms with Crippen molar-refractivity contribution in [2.75, 3.05) is 26.2 Å². The van der Waals surface area contributed by atoms with Gasteiger partial charge in [-0.3, -0.25) is 14.5 Å². The zero-order chi connectivity index (χ0) is 14.8. The molecule has 2 heterocycles. The van der Waals surface area contributed by atoms with E-state index in [0.29, 0.717) is 18.9 Å². The van der Waals surface area contributed by atoms with Crippen molar-refractivity contribution in [1.29, 1.82) is 0 Å². The van der Waals surface area contributed by atoms with Crippen molar-refractivity contribution in [3.05, 3.63) is 0 Å². The predicted octanol–water partition coefficient (Wildman–Crippen LogP) is 1.57. The quantitative estimate of drug-likeness (QED) is 0.858. The highest BCUT2D eigenvalue weighted by molar-refractivity contribution is 5.81. The Hall–Kier alpha value is -1.10. The van der Waals surface area contributed by atoms with E-state index in [4.69, 9.17) is 5.11 Å². The van der Waals surface area contributed by atoms with E-state index in [1.165, 1.54) is 32.4 Å². The van der Waals surface area contributed by atoms with Crippen LogP contribution >= 0.6 is 0 Å². The molecular weight excluding hydrogens is 268 g/mol. The zero-order valence-electron chi connectivity index (χ0n) is 12.7. The molecule has 0 bridgehead atoms. The Kier molecular flexibility index (Phi) is 4.48. The van der Waals surface area contributed by atoms with Gasteiger partial charge >= 0.3 is 5.97 Å². The Morgan fingerprint density at radius 2 is 1.62 bits per heavy atom. The molecule has 3 fully saturated rings. The maximum absolute atomic E-state index is 12.6.